The van der Waals surface area contributed by atoms with Gasteiger partial charge < -0.3 is 25.4 Å². The predicted molar refractivity (Wildman–Crippen MR) is 116 cm³/mol. The summed E-state index contributed by atoms with van der Waals surface area (Å²) in [6.45, 7) is 0. The number of amides is 1. The molecule has 0 spiro atoms. The van der Waals surface area contributed by atoms with Gasteiger partial charge in [0.25, 0.3) is 5.95 Å². The summed E-state index contributed by atoms with van der Waals surface area (Å²) >= 11 is 0. The Hall–Kier alpha value is -4.04. The smallest absolute Gasteiger partial charge is 0.256 e. The molecule has 0 saturated heterocycles. The Kier molecular flexibility index (Phi) is 4.37. The SMILES string of the molecule is CNC(=O)[C@]12CC1[C@@H](n1cnc3c(NC)nc(-n4cc(-c5cnccn5)nn4)nc31)C(O)[C@@H]2O. The average molecular weight is 463 g/mol. The summed E-state index contributed by atoms with van der Waals surface area (Å²) in [5.41, 5.74) is 0.964. The van der Waals surface area contributed by atoms with Gasteiger partial charge in [0.05, 0.1) is 36.3 Å². The molecule has 0 aromatic carbocycles. The molecule has 4 N–H and O–H groups in total. The molecule has 2 aliphatic carbocycles. The summed E-state index contributed by atoms with van der Waals surface area (Å²) < 4.78 is 3.12. The topological polar surface area (TPSA) is 182 Å². The van der Waals surface area contributed by atoms with Crippen molar-refractivity contribution in [1.29, 1.82) is 0 Å². The Morgan fingerprint density at radius 3 is 2.76 bits per heavy atom. The fourth-order valence-corrected chi connectivity index (χ4v) is 5.10. The molecule has 174 valence electrons. The molecule has 4 aromatic heterocycles. The summed E-state index contributed by atoms with van der Waals surface area (Å²) in [6, 6.07) is -0.573. The zero-order valence-corrected chi connectivity index (χ0v) is 18.2. The van der Waals surface area contributed by atoms with Crippen molar-refractivity contribution in [2.45, 2.75) is 24.7 Å². The van der Waals surface area contributed by atoms with Crippen molar-refractivity contribution in [3.05, 3.63) is 31.1 Å². The highest BCUT2D eigenvalue weighted by molar-refractivity contribution is 5.88. The van der Waals surface area contributed by atoms with E-state index in [9.17, 15) is 15.0 Å². The lowest BCUT2D eigenvalue weighted by molar-refractivity contribution is -0.132. The van der Waals surface area contributed by atoms with Gasteiger partial charge in [0, 0.05) is 32.4 Å². The lowest BCUT2D eigenvalue weighted by Crippen LogP contribution is -2.41. The third-order valence-corrected chi connectivity index (χ3v) is 6.81. The van der Waals surface area contributed by atoms with Gasteiger partial charge in [-0.3, -0.25) is 14.8 Å². The first-order valence-corrected chi connectivity index (χ1v) is 10.7. The van der Waals surface area contributed by atoms with E-state index in [2.05, 4.69) is 45.9 Å². The lowest BCUT2D eigenvalue weighted by atomic mass is 9.98. The normalized spacial score (nSPS) is 27.5. The molecule has 2 unspecified atom stereocenters. The number of anilines is 1. The Bertz CT molecular complexity index is 1400. The van der Waals surface area contributed by atoms with E-state index in [0.717, 1.165) is 0 Å². The average Bonchev–Trinajstić information content (AvgIpc) is 3.14. The van der Waals surface area contributed by atoms with Gasteiger partial charge in [0.15, 0.2) is 17.0 Å². The molecule has 4 aromatic rings. The van der Waals surface area contributed by atoms with Crippen molar-refractivity contribution in [3.8, 4) is 17.3 Å². The van der Waals surface area contributed by atoms with E-state index in [1.54, 1.807) is 42.7 Å². The van der Waals surface area contributed by atoms with Crippen LogP contribution in [0.1, 0.15) is 12.5 Å². The van der Waals surface area contributed by atoms with Crippen LogP contribution < -0.4 is 10.6 Å². The number of rotatable bonds is 5. The van der Waals surface area contributed by atoms with Crippen LogP contribution in [0.25, 0.3) is 28.5 Å². The number of aromatic nitrogens is 9. The van der Waals surface area contributed by atoms with Gasteiger partial charge in [-0.25, -0.2) is 4.98 Å². The number of hydrogen-bond acceptors (Lipinski definition) is 11. The Balaban J connectivity index is 1.44. The number of aliphatic hydroxyl groups is 2. The Morgan fingerprint density at radius 1 is 1.18 bits per heavy atom. The molecule has 2 saturated carbocycles. The largest absolute Gasteiger partial charge is 0.389 e. The summed E-state index contributed by atoms with van der Waals surface area (Å²) in [5.74, 6) is 0.154. The van der Waals surface area contributed by atoms with E-state index in [-0.39, 0.29) is 17.8 Å². The fraction of sp³-hybridized carbons (Fsp3) is 0.400. The molecule has 6 rings (SSSR count). The summed E-state index contributed by atoms with van der Waals surface area (Å²) in [5, 5.41) is 35.5. The van der Waals surface area contributed by atoms with E-state index >= 15 is 0 Å². The molecule has 0 radical (unpaired) electrons. The monoisotopic (exact) mass is 463 g/mol. The summed E-state index contributed by atoms with van der Waals surface area (Å²) in [6.07, 6.45) is 6.02. The van der Waals surface area contributed by atoms with Crippen LogP contribution in [0.5, 0.6) is 0 Å². The van der Waals surface area contributed by atoms with Gasteiger partial charge in [-0.05, 0) is 6.42 Å². The van der Waals surface area contributed by atoms with Gasteiger partial charge >= 0.3 is 0 Å². The molecular formula is C20H21N11O3. The van der Waals surface area contributed by atoms with E-state index < -0.39 is 23.7 Å². The number of hydrogen-bond donors (Lipinski definition) is 4. The van der Waals surface area contributed by atoms with Crippen LogP contribution in [0, 0.1) is 11.3 Å². The lowest BCUT2D eigenvalue weighted by Gasteiger charge is -2.23. The number of imidazole rings is 1. The zero-order valence-electron chi connectivity index (χ0n) is 18.2. The van der Waals surface area contributed by atoms with Crippen molar-refractivity contribution in [3.63, 3.8) is 0 Å². The number of nitrogens with one attached hydrogen (secondary N) is 2. The zero-order chi connectivity index (χ0) is 23.6. The predicted octanol–water partition coefficient (Wildman–Crippen LogP) is -1.07. The molecular weight excluding hydrogens is 442 g/mol. The standard InChI is InChI=1S/C20H21N11O3/c1-21-16-12-17(27-19(26-16)31-7-11(28-29-31)10-6-23-3-4-24-10)30(8-25-12)13-9-5-20(9,18(34)22-2)15(33)14(13)32/h3-4,6-9,13-15,32-33H,5H2,1-2H3,(H,22,34)(H,21,26,27)/t9?,13-,14?,15+,20-/m1/s1. The van der Waals surface area contributed by atoms with Gasteiger partial charge in [0.1, 0.15) is 17.5 Å². The van der Waals surface area contributed by atoms with Crippen molar-refractivity contribution in [1.82, 2.24) is 49.8 Å². The minimum absolute atomic E-state index is 0.225. The molecule has 34 heavy (non-hydrogen) atoms. The minimum Gasteiger partial charge on any atom is -0.389 e. The van der Waals surface area contributed by atoms with Crippen LogP contribution >= 0.6 is 0 Å². The van der Waals surface area contributed by atoms with Crippen molar-refractivity contribution in [2.75, 3.05) is 19.4 Å². The van der Waals surface area contributed by atoms with Crippen LogP contribution in [0.2, 0.25) is 0 Å². The third kappa shape index (κ3) is 2.69. The number of fused-ring (bicyclic) bond motifs is 2. The van der Waals surface area contributed by atoms with Gasteiger partial charge in [0.2, 0.25) is 5.91 Å². The Labute approximate surface area is 192 Å². The minimum atomic E-state index is -1.19. The molecule has 4 heterocycles. The number of carbonyl (C=O) groups excluding carboxylic acids is 1. The van der Waals surface area contributed by atoms with Crippen LogP contribution in [0.4, 0.5) is 5.82 Å². The highest BCUT2D eigenvalue weighted by atomic mass is 16.3. The molecule has 0 aliphatic heterocycles. The third-order valence-electron chi connectivity index (χ3n) is 6.81. The maximum absolute atomic E-state index is 12.5. The number of nitrogens with zero attached hydrogens (tertiary/aromatic N) is 9. The maximum atomic E-state index is 12.5. The molecule has 1 amide bonds. The molecule has 0 bridgehead atoms. The summed E-state index contributed by atoms with van der Waals surface area (Å²) in [4.78, 5) is 34.4. The van der Waals surface area contributed by atoms with E-state index in [0.29, 0.717) is 34.8 Å². The van der Waals surface area contributed by atoms with Crippen LogP contribution in [0.3, 0.4) is 0 Å². The van der Waals surface area contributed by atoms with Crippen LogP contribution in [0.15, 0.2) is 31.1 Å². The Morgan fingerprint density at radius 2 is 2.03 bits per heavy atom. The first-order chi connectivity index (χ1) is 16.5. The highest BCUT2D eigenvalue weighted by Crippen LogP contribution is 2.67. The van der Waals surface area contributed by atoms with E-state index in [1.807, 2.05) is 0 Å². The fourth-order valence-electron chi connectivity index (χ4n) is 5.10. The van der Waals surface area contributed by atoms with Crippen molar-refractivity contribution >= 4 is 22.9 Å². The summed E-state index contributed by atoms with van der Waals surface area (Å²) in [7, 11) is 3.24. The second-order valence-corrected chi connectivity index (χ2v) is 8.44. The molecule has 14 nitrogen and oxygen atoms in total. The number of carbonyl (C=O) groups is 1. The molecule has 2 aliphatic rings. The van der Waals surface area contributed by atoms with Gasteiger partial charge in [-0.1, -0.05) is 5.21 Å². The van der Waals surface area contributed by atoms with Crippen LogP contribution in [-0.4, -0.2) is 86.9 Å². The van der Waals surface area contributed by atoms with Crippen molar-refractivity contribution in [2.24, 2.45) is 11.3 Å². The molecule has 14 heteroatoms. The van der Waals surface area contributed by atoms with Crippen LogP contribution in [-0.2, 0) is 4.79 Å². The number of aliphatic hydroxyl groups excluding tert-OH is 2. The van der Waals surface area contributed by atoms with Gasteiger partial charge in [-0.2, -0.15) is 14.6 Å². The second kappa shape index (κ2) is 7.23. The first kappa shape index (κ1) is 20.6. The van der Waals surface area contributed by atoms with Crippen molar-refractivity contribution < 1.29 is 15.0 Å². The molecule has 2 fully saturated rings. The van der Waals surface area contributed by atoms with E-state index in [4.69, 9.17) is 0 Å². The first-order valence-electron chi connectivity index (χ1n) is 10.7. The highest BCUT2D eigenvalue weighted by Gasteiger charge is 2.75. The van der Waals surface area contributed by atoms with Gasteiger partial charge in [-0.15, -0.1) is 5.10 Å². The molecule has 5 atom stereocenters. The maximum Gasteiger partial charge on any atom is 0.256 e. The quantitative estimate of drug-likeness (QED) is 0.283. The second-order valence-electron chi connectivity index (χ2n) is 8.44. The van der Waals surface area contributed by atoms with E-state index in [1.165, 1.54) is 11.7 Å².